The number of halogens is 1. The molecule has 0 saturated heterocycles. The second-order valence-electron chi connectivity index (χ2n) is 6.37. The van der Waals surface area contributed by atoms with Gasteiger partial charge in [0.05, 0.1) is 16.7 Å². The van der Waals surface area contributed by atoms with Gasteiger partial charge in [0.15, 0.2) is 0 Å². The molecule has 120 valence electrons. The maximum atomic E-state index is 6.32. The van der Waals surface area contributed by atoms with Crippen LogP contribution in [-0.4, -0.2) is 30.0 Å². The van der Waals surface area contributed by atoms with Crippen LogP contribution in [0.5, 0.6) is 0 Å². The lowest BCUT2D eigenvalue weighted by Crippen LogP contribution is -2.22. The zero-order valence-corrected chi connectivity index (χ0v) is 15.7. The monoisotopic (exact) mass is 356 g/mol. The van der Waals surface area contributed by atoms with Gasteiger partial charge in [0.1, 0.15) is 18.9 Å². The van der Waals surface area contributed by atoms with E-state index in [1.165, 1.54) is 5.55 Å². The molecule has 2 rings (SSSR count). The number of aromatic nitrogens is 2. The molecule has 7 heteroatoms. The van der Waals surface area contributed by atoms with Gasteiger partial charge in [-0.2, -0.15) is 5.10 Å². The molecule has 0 aliphatic rings. The summed E-state index contributed by atoms with van der Waals surface area (Å²) in [6.45, 7) is 8.57. The predicted molar refractivity (Wildman–Crippen MR) is 97.3 cm³/mol. The van der Waals surface area contributed by atoms with E-state index >= 15 is 0 Å². The fourth-order valence-electron chi connectivity index (χ4n) is 2.09. The Morgan fingerprint density at radius 2 is 2.14 bits per heavy atom. The van der Waals surface area contributed by atoms with Crippen molar-refractivity contribution >= 4 is 48.3 Å². The molecular weight excluding hydrogens is 336 g/mol. The summed E-state index contributed by atoms with van der Waals surface area (Å²) in [5.74, 6) is 0. The Morgan fingerprint density at radius 3 is 2.82 bits per heavy atom. The van der Waals surface area contributed by atoms with E-state index in [-0.39, 0.29) is 0 Å². The molecule has 0 aliphatic carbocycles. The number of fused-ring (bicyclic) bond motifs is 1. The zero-order chi connectivity index (χ0) is 16.2. The van der Waals surface area contributed by atoms with Crippen LogP contribution in [-0.2, 0) is 22.8 Å². The van der Waals surface area contributed by atoms with Gasteiger partial charge in [-0.1, -0.05) is 37.3 Å². The van der Waals surface area contributed by atoms with Crippen molar-refractivity contribution in [2.75, 3.05) is 6.61 Å². The molecule has 2 aromatic rings. The molecule has 22 heavy (non-hydrogen) atoms. The summed E-state index contributed by atoms with van der Waals surface area (Å²) in [5.41, 5.74) is 3.15. The van der Waals surface area contributed by atoms with Crippen LogP contribution < -0.4 is 0 Å². The van der Waals surface area contributed by atoms with Crippen LogP contribution in [0.1, 0.15) is 5.56 Å². The first-order valence-electron chi connectivity index (χ1n) is 7.18. The van der Waals surface area contributed by atoms with Gasteiger partial charge < -0.3 is 9.47 Å². The Bertz CT molecular complexity index is 655. The lowest BCUT2D eigenvalue weighted by Gasteiger charge is -2.15. The highest BCUT2D eigenvalue weighted by Gasteiger charge is 2.14. The lowest BCUT2D eigenvalue weighted by atomic mass is 10.1. The van der Waals surface area contributed by atoms with E-state index in [2.05, 4.69) is 24.7 Å². The molecule has 0 atom stereocenters. The summed E-state index contributed by atoms with van der Waals surface area (Å²) in [6, 6.07) is 4.92. The second kappa shape index (κ2) is 7.54. The predicted octanol–water partition coefficient (Wildman–Crippen LogP) is 4.48. The fourth-order valence-corrected chi connectivity index (χ4v) is 3.18. The van der Waals surface area contributed by atoms with Crippen molar-refractivity contribution in [2.45, 2.75) is 39.0 Å². The van der Waals surface area contributed by atoms with E-state index in [0.717, 1.165) is 29.1 Å². The minimum atomic E-state index is -1.08. The minimum Gasteiger partial charge on any atom is -0.485 e. The first-order valence-corrected chi connectivity index (χ1v) is 11.7. The molecule has 0 amide bonds. The summed E-state index contributed by atoms with van der Waals surface area (Å²) >= 11 is 11.0. The fraction of sp³-hybridized carbons (Fsp3) is 0.467. The highest BCUT2D eigenvalue weighted by atomic mass is 35.5. The van der Waals surface area contributed by atoms with Crippen molar-refractivity contribution in [3.8, 4) is 0 Å². The van der Waals surface area contributed by atoms with Gasteiger partial charge in [0.2, 0.25) is 0 Å². The zero-order valence-electron chi connectivity index (χ0n) is 13.1. The van der Waals surface area contributed by atoms with Gasteiger partial charge in [-0.15, -0.1) is 0 Å². The number of benzene rings is 1. The van der Waals surface area contributed by atoms with Crippen molar-refractivity contribution in [2.24, 2.45) is 0 Å². The largest absolute Gasteiger partial charge is 0.485 e. The van der Waals surface area contributed by atoms with Gasteiger partial charge in [-0.05, 0) is 24.3 Å². The van der Waals surface area contributed by atoms with E-state index in [0.29, 0.717) is 18.4 Å². The Hall–Kier alpha value is -0.953. The standard InChI is InChI=1S/C15H21ClN2O2SSi/c1-22(2,3)7-6-19-10-18-15-13(8-17-18)12(9-20-11-21)4-5-14(15)16/h4-5,8,11H,6-7,9-10H2,1-3H3. The van der Waals surface area contributed by atoms with Gasteiger partial charge >= 0.3 is 0 Å². The minimum absolute atomic E-state index is 0.408. The van der Waals surface area contributed by atoms with Crippen LogP contribution in [0, 0.1) is 0 Å². The van der Waals surface area contributed by atoms with Gasteiger partial charge in [0.25, 0.3) is 0 Å². The third kappa shape index (κ3) is 4.52. The molecule has 0 aliphatic heterocycles. The van der Waals surface area contributed by atoms with E-state index < -0.39 is 8.07 Å². The molecule has 0 N–H and O–H groups in total. The third-order valence-electron chi connectivity index (χ3n) is 3.36. The van der Waals surface area contributed by atoms with E-state index in [1.54, 1.807) is 10.9 Å². The van der Waals surface area contributed by atoms with E-state index in [1.807, 2.05) is 12.1 Å². The molecule has 0 bridgehead atoms. The molecule has 0 radical (unpaired) electrons. The number of thiocarbonyl (C=S) groups is 1. The first-order chi connectivity index (χ1) is 10.4. The van der Waals surface area contributed by atoms with E-state index in [4.69, 9.17) is 33.3 Å². The highest BCUT2D eigenvalue weighted by molar-refractivity contribution is 7.78. The SMILES string of the molecule is C[Si](C)(C)CCOCn1ncc2c(COC=S)ccc(Cl)c21. The van der Waals surface area contributed by atoms with Crippen LogP contribution >= 0.6 is 23.8 Å². The lowest BCUT2D eigenvalue weighted by molar-refractivity contribution is 0.0817. The molecule has 1 aromatic carbocycles. The number of hydrogen-bond acceptors (Lipinski definition) is 4. The normalized spacial score (nSPS) is 11.8. The van der Waals surface area contributed by atoms with Crippen LogP contribution in [0.3, 0.4) is 0 Å². The molecule has 4 nitrogen and oxygen atoms in total. The first kappa shape index (κ1) is 17.4. The Balaban J connectivity index is 2.12. The number of rotatable bonds is 8. The summed E-state index contributed by atoms with van der Waals surface area (Å²) in [6.07, 6.45) is 1.80. The Labute approximate surface area is 142 Å². The van der Waals surface area contributed by atoms with E-state index in [9.17, 15) is 0 Å². The quantitative estimate of drug-likeness (QED) is 0.397. The van der Waals surface area contributed by atoms with Crippen LogP contribution in [0.25, 0.3) is 10.9 Å². The average molecular weight is 357 g/mol. The average Bonchev–Trinajstić information content (AvgIpc) is 2.87. The van der Waals surface area contributed by atoms with Crippen LogP contribution in [0.15, 0.2) is 18.3 Å². The highest BCUT2D eigenvalue weighted by Crippen LogP contribution is 2.27. The van der Waals surface area contributed by atoms with Gasteiger partial charge in [-0.3, -0.25) is 0 Å². The number of nitrogens with zero attached hydrogens (tertiary/aromatic N) is 2. The Morgan fingerprint density at radius 1 is 1.36 bits per heavy atom. The third-order valence-corrected chi connectivity index (χ3v) is 5.50. The summed E-state index contributed by atoms with van der Waals surface area (Å²) in [5, 5.41) is 6.02. The maximum absolute atomic E-state index is 6.32. The van der Waals surface area contributed by atoms with Gasteiger partial charge in [0, 0.05) is 25.6 Å². The van der Waals surface area contributed by atoms with Crippen LogP contribution in [0.2, 0.25) is 30.7 Å². The maximum Gasteiger partial charge on any atom is 0.146 e. The summed E-state index contributed by atoms with van der Waals surface area (Å²) in [4.78, 5) is 0. The molecular formula is C15H21ClN2O2SSi. The number of ether oxygens (including phenoxy) is 2. The molecule has 1 heterocycles. The van der Waals surface area contributed by atoms with Gasteiger partial charge in [-0.25, -0.2) is 4.68 Å². The molecule has 0 fully saturated rings. The molecule has 1 aromatic heterocycles. The topological polar surface area (TPSA) is 36.3 Å². The van der Waals surface area contributed by atoms with Crippen molar-refractivity contribution in [3.63, 3.8) is 0 Å². The smallest absolute Gasteiger partial charge is 0.146 e. The Kier molecular flexibility index (Phi) is 5.97. The molecule has 0 spiro atoms. The van der Waals surface area contributed by atoms with Crippen molar-refractivity contribution < 1.29 is 9.47 Å². The second-order valence-corrected chi connectivity index (χ2v) is 12.6. The number of hydrogen-bond donors (Lipinski definition) is 0. The van der Waals surface area contributed by atoms with Crippen molar-refractivity contribution in [3.05, 3.63) is 28.9 Å². The summed E-state index contributed by atoms with van der Waals surface area (Å²) in [7, 11) is -1.08. The van der Waals surface area contributed by atoms with Crippen molar-refractivity contribution in [1.82, 2.24) is 9.78 Å². The summed E-state index contributed by atoms with van der Waals surface area (Å²) < 4.78 is 12.8. The van der Waals surface area contributed by atoms with Crippen molar-refractivity contribution in [1.29, 1.82) is 0 Å². The van der Waals surface area contributed by atoms with Crippen LogP contribution in [0.4, 0.5) is 0 Å². The molecule has 0 saturated carbocycles. The molecule has 0 unspecified atom stereocenters.